The highest BCUT2D eigenvalue weighted by molar-refractivity contribution is 5.97. The van der Waals surface area contributed by atoms with Gasteiger partial charge < -0.3 is 10.0 Å². The first-order chi connectivity index (χ1) is 9.60. The molecule has 1 heterocycles. The molecule has 5 heteroatoms. The van der Waals surface area contributed by atoms with Crippen LogP contribution in [0.5, 0.6) is 0 Å². The smallest absolute Gasteiger partial charge is 0.337 e. The van der Waals surface area contributed by atoms with Gasteiger partial charge in [0.1, 0.15) is 0 Å². The van der Waals surface area contributed by atoms with Crippen molar-refractivity contribution < 1.29 is 14.7 Å². The van der Waals surface area contributed by atoms with Crippen molar-refractivity contribution in [2.24, 2.45) is 0 Å². The van der Waals surface area contributed by atoms with Crippen LogP contribution in [-0.4, -0.2) is 40.0 Å². The van der Waals surface area contributed by atoms with Crippen molar-refractivity contribution in [3.63, 3.8) is 0 Å². The summed E-state index contributed by atoms with van der Waals surface area (Å²) < 4.78 is 0. The first-order valence-electron chi connectivity index (χ1n) is 7.07. The Balaban J connectivity index is 2.86. The van der Waals surface area contributed by atoms with E-state index in [9.17, 15) is 9.59 Å². The summed E-state index contributed by atoms with van der Waals surface area (Å²) >= 11 is 0. The van der Waals surface area contributed by atoms with Crippen LogP contribution in [0.1, 0.15) is 60.2 Å². The minimum Gasteiger partial charge on any atom is -0.478 e. The number of amides is 1. The van der Waals surface area contributed by atoms with Gasteiger partial charge in [0.15, 0.2) is 0 Å². The molecule has 1 N–H and O–H groups in total. The lowest BCUT2D eigenvalue weighted by atomic mass is 10.1. The van der Waals surface area contributed by atoms with Gasteiger partial charge >= 0.3 is 5.97 Å². The summed E-state index contributed by atoms with van der Waals surface area (Å²) in [6, 6.07) is 1.39. The molecule has 0 saturated heterocycles. The Morgan fingerprint density at radius 1 is 1.10 bits per heavy atom. The first kappa shape index (κ1) is 16.1. The molecule has 0 bridgehead atoms. The Morgan fingerprint density at radius 2 is 1.65 bits per heavy atom. The SMILES string of the molecule is CCCCN(CCCC)C(=O)c1cncc(C(=O)O)c1. The lowest BCUT2D eigenvalue weighted by molar-refractivity contribution is 0.0696. The van der Waals surface area contributed by atoms with Gasteiger partial charge in [-0.1, -0.05) is 26.7 Å². The molecule has 110 valence electrons. The van der Waals surface area contributed by atoms with E-state index < -0.39 is 5.97 Å². The third-order valence-electron chi connectivity index (χ3n) is 3.08. The molecule has 0 fully saturated rings. The van der Waals surface area contributed by atoms with Crippen molar-refractivity contribution in [1.82, 2.24) is 9.88 Å². The predicted molar refractivity (Wildman–Crippen MR) is 76.9 cm³/mol. The molecule has 0 saturated carbocycles. The number of pyridine rings is 1. The zero-order valence-corrected chi connectivity index (χ0v) is 12.1. The molecule has 0 spiro atoms. The molecular formula is C15H22N2O3. The third-order valence-corrected chi connectivity index (χ3v) is 3.08. The molecule has 0 aliphatic rings. The van der Waals surface area contributed by atoms with E-state index in [1.807, 2.05) is 0 Å². The molecule has 20 heavy (non-hydrogen) atoms. The van der Waals surface area contributed by atoms with E-state index in [1.165, 1.54) is 18.5 Å². The monoisotopic (exact) mass is 278 g/mol. The fourth-order valence-electron chi connectivity index (χ4n) is 1.87. The lowest BCUT2D eigenvalue weighted by Crippen LogP contribution is -2.33. The largest absolute Gasteiger partial charge is 0.478 e. The van der Waals surface area contributed by atoms with Crippen molar-refractivity contribution >= 4 is 11.9 Å². The van der Waals surface area contributed by atoms with Crippen molar-refractivity contribution in [3.8, 4) is 0 Å². The summed E-state index contributed by atoms with van der Waals surface area (Å²) in [5, 5.41) is 8.95. The zero-order valence-electron chi connectivity index (χ0n) is 12.1. The van der Waals surface area contributed by atoms with Gasteiger partial charge in [-0.25, -0.2) is 4.79 Å². The number of hydrogen-bond acceptors (Lipinski definition) is 3. The Kier molecular flexibility index (Phi) is 6.70. The van der Waals surface area contributed by atoms with Crippen molar-refractivity contribution in [2.75, 3.05) is 13.1 Å². The van der Waals surface area contributed by atoms with Crippen LogP contribution in [0, 0.1) is 0 Å². The van der Waals surface area contributed by atoms with Gasteiger partial charge in [-0.2, -0.15) is 0 Å². The Morgan fingerprint density at radius 3 is 2.15 bits per heavy atom. The van der Waals surface area contributed by atoms with Gasteiger partial charge in [-0.3, -0.25) is 9.78 Å². The van der Waals surface area contributed by atoms with Gasteiger partial charge in [-0.15, -0.1) is 0 Å². The number of hydrogen-bond donors (Lipinski definition) is 1. The fourth-order valence-corrected chi connectivity index (χ4v) is 1.87. The van der Waals surface area contributed by atoms with E-state index in [1.54, 1.807) is 4.90 Å². The second-order valence-corrected chi connectivity index (χ2v) is 4.77. The van der Waals surface area contributed by atoms with Crippen LogP contribution >= 0.6 is 0 Å². The molecule has 1 rings (SSSR count). The first-order valence-corrected chi connectivity index (χ1v) is 7.07. The number of unbranched alkanes of at least 4 members (excludes halogenated alkanes) is 2. The number of nitrogens with zero attached hydrogens (tertiary/aromatic N) is 2. The van der Waals surface area contributed by atoms with E-state index >= 15 is 0 Å². The number of aromatic carboxylic acids is 1. The van der Waals surface area contributed by atoms with Crippen LogP contribution in [0.3, 0.4) is 0 Å². The van der Waals surface area contributed by atoms with Crippen LogP contribution in [0.15, 0.2) is 18.5 Å². The van der Waals surface area contributed by atoms with E-state index in [2.05, 4.69) is 18.8 Å². The highest BCUT2D eigenvalue weighted by Gasteiger charge is 2.16. The molecule has 0 atom stereocenters. The highest BCUT2D eigenvalue weighted by atomic mass is 16.4. The number of aromatic nitrogens is 1. The summed E-state index contributed by atoms with van der Waals surface area (Å²) in [6.07, 6.45) is 6.61. The molecule has 1 aromatic rings. The van der Waals surface area contributed by atoms with Gasteiger partial charge in [0.2, 0.25) is 0 Å². The number of carbonyl (C=O) groups excluding carboxylic acids is 1. The molecule has 1 aromatic heterocycles. The van der Waals surface area contributed by atoms with E-state index in [4.69, 9.17) is 5.11 Å². The molecule has 0 aromatic carbocycles. The van der Waals surface area contributed by atoms with Crippen LogP contribution < -0.4 is 0 Å². The predicted octanol–water partition coefficient (Wildman–Crippen LogP) is 2.82. The fraction of sp³-hybridized carbons (Fsp3) is 0.533. The molecular weight excluding hydrogens is 256 g/mol. The zero-order chi connectivity index (χ0) is 15.0. The second-order valence-electron chi connectivity index (χ2n) is 4.77. The number of rotatable bonds is 8. The van der Waals surface area contributed by atoms with Gasteiger partial charge in [0.05, 0.1) is 11.1 Å². The summed E-state index contributed by atoms with van der Waals surface area (Å²) in [7, 11) is 0. The minimum atomic E-state index is -1.07. The van der Waals surface area contributed by atoms with Gasteiger partial charge in [0.25, 0.3) is 5.91 Å². The molecule has 1 amide bonds. The van der Waals surface area contributed by atoms with E-state index in [0.717, 1.165) is 25.7 Å². The van der Waals surface area contributed by atoms with E-state index in [-0.39, 0.29) is 11.5 Å². The van der Waals surface area contributed by atoms with Crippen molar-refractivity contribution in [2.45, 2.75) is 39.5 Å². The summed E-state index contributed by atoms with van der Waals surface area (Å²) in [4.78, 5) is 29.0. The summed E-state index contributed by atoms with van der Waals surface area (Å²) in [5.74, 6) is -1.21. The minimum absolute atomic E-state index is 0.0433. The Labute approximate surface area is 119 Å². The molecule has 0 radical (unpaired) electrons. The maximum Gasteiger partial charge on any atom is 0.337 e. The Bertz CT molecular complexity index is 452. The lowest BCUT2D eigenvalue weighted by Gasteiger charge is -2.22. The van der Waals surface area contributed by atoms with Gasteiger partial charge in [-0.05, 0) is 18.9 Å². The number of carboxylic acids is 1. The maximum absolute atomic E-state index is 12.4. The quantitative estimate of drug-likeness (QED) is 0.793. The molecule has 0 unspecified atom stereocenters. The third kappa shape index (κ3) is 4.64. The second kappa shape index (κ2) is 8.30. The van der Waals surface area contributed by atoms with Crippen molar-refractivity contribution in [3.05, 3.63) is 29.6 Å². The van der Waals surface area contributed by atoms with Crippen LogP contribution in [0.4, 0.5) is 0 Å². The average Bonchev–Trinajstić information content (AvgIpc) is 2.47. The highest BCUT2D eigenvalue weighted by Crippen LogP contribution is 2.09. The topological polar surface area (TPSA) is 70.5 Å². The van der Waals surface area contributed by atoms with Gasteiger partial charge in [0, 0.05) is 25.5 Å². The Hall–Kier alpha value is -1.91. The molecule has 5 nitrogen and oxygen atoms in total. The standard InChI is InChI=1S/C15H22N2O3/c1-3-5-7-17(8-6-4-2)14(18)12-9-13(15(19)20)11-16-10-12/h9-11H,3-8H2,1-2H3,(H,19,20). The normalized spacial score (nSPS) is 10.3. The van der Waals surface area contributed by atoms with Crippen LogP contribution in [0.2, 0.25) is 0 Å². The van der Waals surface area contributed by atoms with E-state index in [0.29, 0.717) is 18.7 Å². The van der Waals surface area contributed by atoms with Crippen LogP contribution in [-0.2, 0) is 0 Å². The average molecular weight is 278 g/mol. The number of carbonyl (C=O) groups is 2. The summed E-state index contributed by atoms with van der Waals surface area (Å²) in [6.45, 7) is 5.56. The molecule has 0 aliphatic carbocycles. The number of carboxylic acid groups (broad SMARTS) is 1. The molecule has 0 aliphatic heterocycles. The van der Waals surface area contributed by atoms with Crippen LogP contribution in [0.25, 0.3) is 0 Å². The van der Waals surface area contributed by atoms with Crippen molar-refractivity contribution in [1.29, 1.82) is 0 Å². The summed E-state index contributed by atoms with van der Waals surface area (Å²) in [5.41, 5.74) is 0.388. The maximum atomic E-state index is 12.4.